The first-order valence-corrected chi connectivity index (χ1v) is 6.55. The highest BCUT2D eigenvalue weighted by molar-refractivity contribution is 9.10. The topological polar surface area (TPSA) is 59.0 Å². The highest BCUT2D eigenvalue weighted by Crippen LogP contribution is 2.33. The van der Waals surface area contributed by atoms with Crippen molar-refractivity contribution in [1.29, 1.82) is 5.26 Å². The molecule has 0 radical (unpaired) electrons. The number of nitrogens with two attached hydrogens (primary N) is 1. The monoisotopic (exact) mass is 316 g/mol. The minimum atomic E-state index is 0.473. The molecular formula is C15H13BrN2O. The second-order valence-corrected chi connectivity index (χ2v) is 5.16. The summed E-state index contributed by atoms with van der Waals surface area (Å²) in [5, 5.41) is 9.16. The van der Waals surface area contributed by atoms with E-state index in [4.69, 9.17) is 15.7 Å². The van der Waals surface area contributed by atoms with Gasteiger partial charge in [-0.3, -0.25) is 0 Å². The van der Waals surface area contributed by atoms with Gasteiger partial charge < -0.3 is 10.5 Å². The molecule has 0 aliphatic rings. The van der Waals surface area contributed by atoms with Gasteiger partial charge in [0.25, 0.3) is 0 Å². The normalized spacial score (nSPS) is 10.0. The largest absolute Gasteiger partial charge is 0.456 e. The van der Waals surface area contributed by atoms with Crippen LogP contribution in [0.1, 0.15) is 16.7 Å². The third-order valence-electron chi connectivity index (χ3n) is 2.87. The number of nitrogen functional groups attached to an aromatic ring is 1. The average molecular weight is 317 g/mol. The van der Waals surface area contributed by atoms with Gasteiger partial charge in [0.15, 0.2) is 0 Å². The van der Waals surface area contributed by atoms with Crippen LogP contribution >= 0.6 is 15.9 Å². The Bertz CT molecular complexity index is 675. The molecule has 4 heteroatoms. The highest BCUT2D eigenvalue weighted by atomic mass is 79.9. The van der Waals surface area contributed by atoms with E-state index in [1.54, 1.807) is 12.1 Å². The molecule has 2 aromatic carbocycles. The number of nitrogens with zero attached hydrogens (tertiary/aromatic N) is 1. The Morgan fingerprint density at radius 3 is 2.58 bits per heavy atom. The summed E-state index contributed by atoms with van der Waals surface area (Å²) >= 11 is 3.34. The molecule has 0 aliphatic heterocycles. The van der Waals surface area contributed by atoms with Crippen LogP contribution in [-0.2, 0) is 0 Å². The highest BCUT2D eigenvalue weighted by Gasteiger charge is 2.10. The first-order valence-electron chi connectivity index (χ1n) is 5.76. The number of rotatable bonds is 2. The van der Waals surface area contributed by atoms with E-state index in [-0.39, 0.29) is 0 Å². The van der Waals surface area contributed by atoms with Crippen LogP contribution in [0.25, 0.3) is 0 Å². The molecule has 0 unspecified atom stereocenters. The van der Waals surface area contributed by atoms with E-state index in [9.17, 15) is 0 Å². The number of benzene rings is 2. The molecule has 0 spiro atoms. The van der Waals surface area contributed by atoms with E-state index in [2.05, 4.69) is 22.0 Å². The van der Waals surface area contributed by atoms with Gasteiger partial charge in [0.1, 0.15) is 23.1 Å². The van der Waals surface area contributed by atoms with E-state index in [1.807, 2.05) is 32.0 Å². The molecule has 0 aromatic heterocycles. The first kappa shape index (κ1) is 13.4. The van der Waals surface area contributed by atoms with Crippen LogP contribution in [0.2, 0.25) is 0 Å². The Kier molecular flexibility index (Phi) is 3.77. The number of hydrogen-bond donors (Lipinski definition) is 1. The summed E-state index contributed by atoms with van der Waals surface area (Å²) < 4.78 is 6.53. The van der Waals surface area contributed by atoms with Crippen molar-refractivity contribution in [2.24, 2.45) is 0 Å². The molecule has 0 atom stereocenters. The summed E-state index contributed by atoms with van der Waals surface area (Å²) in [6.45, 7) is 3.90. The van der Waals surface area contributed by atoms with Crippen LogP contribution in [0.5, 0.6) is 11.5 Å². The predicted octanol–water partition coefficient (Wildman–Crippen LogP) is 4.31. The van der Waals surface area contributed by atoms with Crippen LogP contribution in [0.15, 0.2) is 34.8 Å². The fourth-order valence-electron chi connectivity index (χ4n) is 1.77. The van der Waals surface area contributed by atoms with E-state index in [0.717, 1.165) is 11.1 Å². The van der Waals surface area contributed by atoms with Gasteiger partial charge in [-0.2, -0.15) is 5.26 Å². The van der Waals surface area contributed by atoms with E-state index in [0.29, 0.717) is 27.2 Å². The van der Waals surface area contributed by atoms with Crippen molar-refractivity contribution < 1.29 is 4.74 Å². The van der Waals surface area contributed by atoms with Gasteiger partial charge in [-0.1, -0.05) is 12.1 Å². The second-order valence-electron chi connectivity index (χ2n) is 4.30. The van der Waals surface area contributed by atoms with Crippen LogP contribution in [0.3, 0.4) is 0 Å². The summed E-state index contributed by atoms with van der Waals surface area (Å²) in [7, 11) is 0. The van der Waals surface area contributed by atoms with Gasteiger partial charge in [0, 0.05) is 16.2 Å². The van der Waals surface area contributed by atoms with Crippen molar-refractivity contribution >= 4 is 21.6 Å². The second kappa shape index (κ2) is 5.33. The molecule has 0 aliphatic carbocycles. The number of nitriles is 1. The van der Waals surface area contributed by atoms with Gasteiger partial charge in [0.05, 0.1) is 0 Å². The lowest BCUT2D eigenvalue weighted by molar-refractivity contribution is 0.477. The maximum absolute atomic E-state index is 9.16. The Balaban J connectivity index is 2.45. The van der Waals surface area contributed by atoms with Gasteiger partial charge in [-0.05, 0) is 53.0 Å². The third-order valence-corrected chi connectivity index (χ3v) is 3.53. The lowest BCUT2D eigenvalue weighted by atomic mass is 10.1. The molecule has 0 saturated heterocycles. The predicted molar refractivity (Wildman–Crippen MR) is 79.3 cm³/mol. The Morgan fingerprint density at radius 1 is 1.16 bits per heavy atom. The summed E-state index contributed by atoms with van der Waals surface area (Å²) in [6, 6.07) is 11.3. The van der Waals surface area contributed by atoms with Crippen molar-refractivity contribution in [3.63, 3.8) is 0 Å². The average Bonchev–Trinajstić information content (AvgIpc) is 2.36. The fourth-order valence-corrected chi connectivity index (χ4v) is 2.21. The van der Waals surface area contributed by atoms with Gasteiger partial charge in [-0.25, -0.2) is 0 Å². The van der Waals surface area contributed by atoms with Crippen LogP contribution < -0.4 is 10.5 Å². The lowest BCUT2D eigenvalue weighted by Crippen LogP contribution is -1.95. The molecule has 0 amide bonds. The summed E-state index contributed by atoms with van der Waals surface area (Å²) in [5.41, 5.74) is 9.03. The molecule has 3 nitrogen and oxygen atoms in total. The summed E-state index contributed by atoms with van der Waals surface area (Å²) in [5.74, 6) is 1.18. The fraction of sp³-hybridized carbons (Fsp3) is 0.133. The smallest absolute Gasteiger partial charge is 0.146 e. The van der Waals surface area contributed by atoms with Crippen molar-refractivity contribution in [3.8, 4) is 17.6 Å². The number of anilines is 1. The molecule has 96 valence electrons. The van der Waals surface area contributed by atoms with Gasteiger partial charge in [-0.15, -0.1) is 0 Å². The number of halogens is 1. The zero-order valence-corrected chi connectivity index (χ0v) is 12.3. The van der Waals surface area contributed by atoms with Crippen molar-refractivity contribution in [2.45, 2.75) is 13.8 Å². The van der Waals surface area contributed by atoms with E-state index >= 15 is 0 Å². The third kappa shape index (κ3) is 2.72. The number of ether oxygens (including phenoxy) is 1. The molecule has 2 rings (SSSR count). The number of aryl methyl sites for hydroxylation is 2. The maximum atomic E-state index is 9.16. The molecule has 2 aromatic rings. The molecule has 19 heavy (non-hydrogen) atoms. The minimum Gasteiger partial charge on any atom is -0.456 e. The van der Waals surface area contributed by atoms with Crippen LogP contribution in [-0.4, -0.2) is 0 Å². The zero-order valence-electron chi connectivity index (χ0n) is 10.7. The molecular weight excluding hydrogens is 304 g/mol. The quantitative estimate of drug-likeness (QED) is 0.840. The van der Waals surface area contributed by atoms with Crippen LogP contribution in [0, 0.1) is 25.2 Å². The molecule has 0 bridgehead atoms. The van der Waals surface area contributed by atoms with Crippen molar-refractivity contribution in [1.82, 2.24) is 0 Å². The lowest BCUT2D eigenvalue weighted by Gasteiger charge is -2.12. The molecule has 0 heterocycles. The van der Waals surface area contributed by atoms with Crippen molar-refractivity contribution in [3.05, 3.63) is 51.5 Å². The Labute approximate surface area is 120 Å². The minimum absolute atomic E-state index is 0.473. The van der Waals surface area contributed by atoms with Crippen molar-refractivity contribution in [2.75, 3.05) is 5.73 Å². The summed E-state index contributed by atoms with van der Waals surface area (Å²) in [6.07, 6.45) is 0. The SMILES string of the molecule is Cc1cc(C)c(Oc2cccc(Br)c2C#N)cc1N. The standard InChI is InChI=1S/C15H13BrN2O/c1-9-6-10(2)15(7-13(9)18)19-14-5-3-4-12(16)11(14)8-17/h3-7H,18H2,1-2H3. The first-order chi connectivity index (χ1) is 9.02. The van der Waals surface area contributed by atoms with Gasteiger partial charge in [0.2, 0.25) is 0 Å². The van der Waals surface area contributed by atoms with Crippen LogP contribution in [0.4, 0.5) is 5.69 Å². The number of hydrogen-bond acceptors (Lipinski definition) is 3. The zero-order chi connectivity index (χ0) is 14.0. The molecule has 2 N–H and O–H groups in total. The maximum Gasteiger partial charge on any atom is 0.146 e. The molecule has 0 fully saturated rings. The van der Waals surface area contributed by atoms with E-state index < -0.39 is 0 Å². The Hall–Kier alpha value is -1.99. The van der Waals surface area contributed by atoms with Gasteiger partial charge >= 0.3 is 0 Å². The molecule has 0 saturated carbocycles. The summed E-state index contributed by atoms with van der Waals surface area (Å²) in [4.78, 5) is 0. The Morgan fingerprint density at radius 2 is 1.89 bits per heavy atom. The van der Waals surface area contributed by atoms with E-state index in [1.165, 1.54) is 0 Å².